The first kappa shape index (κ1) is 16.0. The summed E-state index contributed by atoms with van der Waals surface area (Å²) in [4.78, 5) is 18.9. The highest BCUT2D eigenvalue weighted by Gasteiger charge is 2.49. The van der Waals surface area contributed by atoms with Crippen LogP contribution >= 0.6 is 11.6 Å². The molecule has 4 nitrogen and oxygen atoms in total. The van der Waals surface area contributed by atoms with Crippen molar-refractivity contribution in [1.29, 1.82) is 0 Å². The minimum Gasteiger partial charge on any atom is -0.313 e. The average Bonchev–Trinajstić information content (AvgIpc) is 3.03. The number of aromatic nitrogens is 1. The maximum absolute atomic E-state index is 12.7. The number of nitrogens with one attached hydrogen (secondary N) is 1. The van der Waals surface area contributed by atoms with Crippen LogP contribution in [0.5, 0.6) is 0 Å². The number of hydrogen-bond acceptors (Lipinski definition) is 3. The molecule has 1 atom stereocenters. The number of carbonyl (C=O) groups is 1. The Morgan fingerprint density at radius 3 is 2.70 bits per heavy atom. The summed E-state index contributed by atoms with van der Waals surface area (Å²) in [5, 5.41) is 4.21. The summed E-state index contributed by atoms with van der Waals surface area (Å²) in [6.07, 6.45) is 2.40. The number of fused-ring (bicyclic) bond motifs is 2. The van der Waals surface area contributed by atoms with Gasteiger partial charge in [0.1, 0.15) is 11.4 Å². The second-order valence-corrected chi connectivity index (χ2v) is 5.88. The Bertz CT molecular complexity index is 716. The minimum atomic E-state index is -0.474. The molecule has 1 saturated heterocycles. The maximum Gasteiger partial charge on any atom is 0.274 e. The van der Waals surface area contributed by atoms with Gasteiger partial charge in [-0.3, -0.25) is 15.1 Å². The quantitative estimate of drug-likeness (QED) is 0.873. The SMILES string of the molecule is CC.O=C1c2ncccc2CC2(c3ccc(Cl)cc3)NCCN12. The molecule has 1 fully saturated rings. The van der Waals surface area contributed by atoms with Crippen LogP contribution in [0.25, 0.3) is 0 Å². The van der Waals surface area contributed by atoms with Crippen LogP contribution in [0.4, 0.5) is 0 Å². The molecule has 2 aromatic rings. The molecular weight excluding hydrogens is 310 g/mol. The third kappa shape index (κ3) is 2.52. The number of halogens is 1. The number of carbonyl (C=O) groups excluding carboxylic acids is 1. The molecule has 23 heavy (non-hydrogen) atoms. The van der Waals surface area contributed by atoms with E-state index in [0.717, 1.165) is 24.1 Å². The normalized spacial score (nSPS) is 22.0. The zero-order valence-electron chi connectivity index (χ0n) is 13.3. The first-order chi connectivity index (χ1) is 11.2. The summed E-state index contributed by atoms with van der Waals surface area (Å²) in [5.74, 6) is -0.00296. The summed E-state index contributed by atoms with van der Waals surface area (Å²) < 4.78 is 0. The fourth-order valence-electron chi connectivity index (χ4n) is 3.36. The monoisotopic (exact) mass is 329 g/mol. The lowest BCUT2D eigenvalue weighted by atomic mass is 9.87. The van der Waals surface area contributed by atoms with E-state index in [1.54, 1.807) is 6.20 Å². The van der Waals surface area contributed by atoms with Gasteiger partial charge < -0.3 is 4.90 Å². The molecule has 2 aliphatic rings. The standard InChI is InChI=1S/C16H14ClN3O.C2H6/c17-13-5-3-12(4-6-13)16-10-11-2-1-7-18-14(11)15(21)20(16)9-8-19-16;1-2/h1-7,19H,8-10H2;1-2H3. The Labute approximate surface area is 141 Å². The number of benzene rings is 1. The van der Waals surface area contributed by atoms with E-state index in [1.807, 2.05) is 55.1 Å². The molecule has 1 aromatic heterocycles. The Morgan fingerprint density at radius 1 is 1.22 bits per heavy atom. The molecule has 0 saturated carbocycles. The largest absolute Gasteiger partial charge is 0.313 e. The second-order valence-electron chi connectivity index (χ2n) is 5.44. The van der Waals surface area contributed by atoms with Gasteiger partial charge in [-0.2, -0.15) is 0 Å². The first-order valence-electron chi connectivity index (χ1n) is 7.98. The molecule has 120 valence electrons. The molecular formula is C18H20ClN3O. The van der Waals surface area contributed by atoms with Gasteiger partial charge >= 0.3 is 0 Å². The number of amides is 1. The summed E-state index contributed by atoms with van der Waals surface area (Å²) in [5.41, 5.74) is 2.15. The van der Waals surface area contributed by atoms with Crippen molar-refractivity contribution in [3.8, 4) is 0 Å². The van der Waals surface area contributed by atoms with Crippen molar-refractivity contribution < 1.29 is 4.79 Å². The molecule has 1 amide bonds. The third-order valence-corrected chi connectivity index (χ3v) is 4.57. The van der Waals surface area contributed by atoms with Crippen molar-refractivity contribution in [3.05, 3.63) is 64.4 Å². The molecule has 0 aliphatic carbocycles. The van der Waals surface area contributed by atoms with E-state index < -0.39 is 5.66 Å². The molecule has 1 N–H and O–H groups in total. The minimum absolute atomic E-state index is 0.00296. The molecule has 1 unspecified atom stereocenters. The highest BCUT2D eigenvalue weighted by Crippen LogP contribution is 2.38. The first-order valence-corrected chi connectivity index (χ1v) is 8.35. The van der Waals surface area contributed by atoms with Gasteiger partial charge in [0.25, 0.3) is 5.91 Å². The van der Waals surface area contributed by atoms with Crippen LogP contribution < -0.4 is 5.32 Å². The van der Waals surface area contributed by atoms with Gasteiger partial charge in [0.15, 0.2) is 0 Å². The Balaban J connectivity index is 0.000000753. The maximum atomic E-state index is 12.7. The van der Waals surface area contributed by atoms with Crippen molar-refractivity contribution in [3.63, 3.8) is 0 Å². The van der Waals surface area contributed by atoms with Gasteiger partial charge in [-0.1, -0.05) is 43.6 Å². The number of nitrogens with zero attached hydrogens (tertiary/aromatic N) is 2. The molecule has 5 heteroatoms. The Hall–Kier alpha value is -1.91. The summed E-state index contributed by atoms with van der Waals surface area (Å²) in [6, 6.07) is 11.6. The van der Waals surface area contributed by atoms with E-state index in [9.17, 15) is 4.79 Å². The van der Waals surface area contributed by atoms with Gasteiger partial charge in [0.2, 0.25) is 0 Å². The van der Waals surface area contributed by atoms with Crippen LogP contribution in [0, 0.1) is 0 Å². The molecule has 0 radical (unpaired) electrons. The van der Waals surface area contributed by atoms with Crippen LogP contribution in [-0.2, 0) is 12.1 Å². The second kappa shape index (κ2) is 6.30. The lowest BCUT2D eigenvalue weighted by molar-refractivity contribution is 0.0495. The van der Waals surface area contributed by atoms with E-state index in [2.05, 4.69) is 10.3 Å². The van der Waals surface area contributed by atoms with Crippen LogP contribution in [0.3, 0.4) is 0 Å². The number of hydrogen-bond donors (Lipinski definition) is 1. The van der Waals surface area contributed by atoms with E-state index in [4.69, 9.17) is 11.6 Å². The predicted molar refractivity (Wildman–Crippen MR) is 91.5 cm³/mol. The molecule has 1 aromatic carbocycles. The fourth-order valence-corrected chi connectivity index (χ4v) is 3.48. The zero-order valence-corrected chi connectivity index (χ0v) is 14.1. The van der Waals surface area contributed by atoms with Crippen LogP contribution in [-0.4, -0.2) is 28.9 Å². The van der Waals surface area contributed by atoms with Gasteiger partial charge in [-0.15, -0.1) is 0 Å². The summed E-state index contributed by atoms with van der Waals surface area (Å²) in [7, 11) is 0. The average molecular weight is 330 g/mol. The summed E-state index contributed by atoms with van der Waals surface area (Å²) in [6.45, 7) is 5.47. The smallest absolute Gasteiger partial charge is 0.274 e. The molecule has 0 bridgehead atoms. The zero-order chi connectivity index (χ0) is 16.4. The van der Waals surface area contributed by atoms with Gasteiger partial charge in [0, 0.05) is 30.7 Å². The topological polar surface area (TPSA) is 45.2 Å². The van der Waals surface area contributed by atoms with Crippen molar-refractivity contribution in [1.82, 2.24) is 15.2 Å². The Morgan fingerprint density at radius 2 is 1.96 bits per heavy atom. The number of pyridine rings is 1. The van der Waals surface area contributed by atoms with E-state index in [-0.39, 0.29) is 5.91 Å². The Kier molecular flexibility index (Phi) is 4.37. The van der Waals surface area contributed by atoms with Crippen LogP contribution in [0.15, 0.2) is 42.6 Å². The molecule has 2 aliphatic heterocycles. The third-order valence-electron chi connectivity index (χ3n) is 4.32. The van der Waals surface area contributed by atoms with E-state index in [0.29, 0.717) is 17.3 Å². The van der Waals surface area contributed by atoms with Crippen molar-refractivity contribution in [2.24, 2.45) is 0 Å². The van der Waals surface area contributed by atoms with Crippen molar-refractivity contribution in [2.75, 3.05) is 13.1 Å². The molecule has 0 spiro atoms. The fraction of sp³-hybridized carbons (Fsp3) is 0.333. The van der Waals surface area contributed by atoms with Gasteiger partial charge in [0.05, 0.1) is 0 Å². The lowest BCUT2D eigenvalue weighted by Crippen LogP contribution is -2.55. The van der Waals surface area contributed by atoms with Gasteiger partial charge in [-0.05, 0) is 29.3 Å². The lowest BCUT2D eigenvalue weighted by Gasteiger charge is -2.42. The van der Waals surface area contributed by atoms with E-state index >= 15 is 0 Å². The highest BCUT2D eigenvalue weighted by atomic mass is 35.5. The molecule has 3 heterocycles. The van der Waals surface area contributed by atoms with Crippen molar-refractivity contribution >= 4 is 17.5 Å². The highest BCUT2D eigenvalue weighted by molar-refractivity contribution is 6.30. The molecule has 4 rings (SSSR count). The van der Waals surface area contributed by atoms with Crippen molar-refractivity contribution in [2.45, 2.75) is 25.9 Å². The predicted octanol–water partition coefficient (Wildman–Crippen LogP) is 3.22. The van der Waals surface area contributed by atoms with Crippen LogP contribution in [0.1, 0.15) is 35.5 Å². The summed E-state index contributed by atoms with van der Waals surface area (Å²) >= 11 is 5.99. The number of rotatable bonds is 1. The van der Waals surface area contributed by atoms with Crippen LogP contribution in [0.2, 0.25) is 5.02 Å². The van der Waals surface area contributed by atoms with E-state index in [1.165, 1.54) is 0 Å². The van der Waals surface area contributed by atoms with Gasteiger partial charge in [-0.25, -0.2) is 0 Å².